The predicted octanol–water partition coefficient (Wildman–Crippen LogP) is 2.83. The second-order valence-corrected chi connectivity index (χ2v) is 4.51. The van der Waals surface area contributed by atoms with Crippen molar-refractivity contribution in [1.29, 1.82) is 0 Å². The molecular weight excluding hydrogens is 256 g/mol. The minimum atomic E-state index is -0.412. The number of carbonyl (C=O) groups excluding carboxylic acids is 1. The van der Waals surface area contributed by atoms with E-state index >= 15 is 0 Å². The van der Waals surface area contributed by atoms with E-state index in [4.69, 9.17) is 4.74 Å². The van der Waals surface area contributed by atoms with Crippen LogP contribution in [0.2, 0.25) is 0 Å². The molecule has 2 aromatic rings. The zero-order valence-electron chi connectivity index (χ0n) is 11.3. The maximum atomic E-state index is 12.1. The summed E-state index contributed by atoms with van der Waals surface area (Å²) in [6.07, 6.45) is 2.68. The van der Waals surface area contributed by atoms with Crippen molar-refractivity contribution in [2.75, 3.05) is 5.32 Å². The number of amides is 1. The first-order valence-electron chi connectivity index (χ1n) is 6.28. The molecule has 0 aliphatic heterocycles. The fraction of sp³-hybridized carbons (Fsp3) is 0.200. The van der Waals surface area contributed by atoms with Crippen LogP contribution < -0.4 is 10.1 Å². The van der Waals surface area contributed by atoms with Gasteiger partial charge >= 0.3 is 0 Å². The van der Waals surface area contributed by atoms with Gasteiger partial charge in [0.15, 0.2) is 0 Å². The molecule has 0 bridgehead atoms. The average Bonchev–Trinajstić information content (AvgIpc) is 2.41. The summed E-state index contributed by atoms with van der Waals surface area (Å²) >= 11 is 0. The molecule has 1 aromatic heterocycles. The normalized spacial score (nSPS) is 10.3. The van der Waals surface area contributed by atoms with Crippen molar-refractivity contribution in [3.8, 4) is 11.5 Å². The molecule has 1 amide bonds. The van der Waals surface area contributed by atoms with Gasteiger partial charge in [0.2, 0.25) is 0 Å². The monoisotopic (exact) mass is 272 g/mol. The number of aromatic nitrogens is 1. The number of para-hydroxylation sites is 2. The molecule has 5 heteroatoms. The summed E-state index contributed by atoms with van der Waals surface area (Å²) in [5, 5.41) is 12.3. The zero-order valence-corrected chi connectivity index (χ0v) is 11.3. The molecule has 5 nitrogen and oxygen atoms in total. The molecule has 2 N–H and O–H groups in total. The first kappa shape index (κ1) is 13.9. The number of benzene rings is 1. The van der Waals surface area contributed by atoms with E-state index in [1.807, 2.05) is 19.9 Å². The van der Waals surface area contributed by atoms with Crippen molar-refractivity contribution >= 4 is 11.6 Å². The Morgan fingerprint density at radius 2 is 2.05 bits per heavy atom. The van der Waals surface area contributed by atoms with E-state index in [0.717, 1.165) is 0 Å². The topological polar surface area (TPSA) is 71.5 Å². The van der Waals surface area contributed by atoms with Crippen molar-refractivity contribution < 1.29 is 14.6 Å². The van der Waals surface area contributed by atoms with Gasteiger partial charge < -0.3 is 15.2 Å². The van der Waals surface area contributed by atoms with Crippen molar-refractivity contribution in [3.63, 3.8) is 0 Å². The van der Waals surface area contributed by atoms with Gasteiger partial charge in [0.1, 0.15) is 11.5 Å². The van der Waals surface area contributed by atoms with E-state index in [-0.39, 0.29) is 17.4 Å². The van der Waals surface area contributed by atoms with Crippen molar-refractivity contribution in [3.05, 3.63) is 48.3 Å². The number of aromatic hydroxyl groups is 1. The van der Waals surface area contributed by atoms with Crippen LogP contribution >= 0.6 is 0 Å². The number of carbonyl (C=O) groups is 1. The van der Waals surface area contributed by atoms with Crippen LogP contribution in [0.25, 0.3) is 0 Å². The second-order valence-electron chi connectivity index (χ2n) is 4.51. The second kappa shape index (κ2) is 6.06. The van der Waals surface area contributed by atoms with E-state index in [1.165, 1.54) is 18.5 Å². The summed E-state index contributed by atoms with van der Waals surface area (Å²) in [5.74, 6) is 0.0151. The Balaban J connectivity index is 2.22. The fourth-order valence-electron chi connectivity index (χ4n) is 1.69. The number of nitrogens with zero attached hydrogens (tertiary/aromatic N) is 1. The number of ether oxygens (including phenoxy) is 1. The van der Waals surface area contributed by atoms with E-state index in [2.05, 4.69) is 10.3 Å². The van der Waals surface area contributed by atoms with Crippen molar-refractivity contribution in [2.45, 2.75) is 20.0 Å². The Labute approximate surface area is 117 Å². The van der Waals surface area contributed by atoms with Gasteiger partial charge in [-0.2, -0.15) is 0 Å². The lowest BCUT2D eigenvalue weighted by atomic mass is 10.2. The highest BCUT2D eigenvalue weighted by atomic mass is 16.5. The largest absolute Gasteiger partial charge is 0.505 e. The predicted molar refractivity (Wildman–Crippen MR) is 76.1 cm³/mol. The van der Waals surface area contributed by atoms with Gasteiger partial charge in [0.25, 0.3) is 5.91 Å². The Morgan fingerprint density at radius 1 is 1.30 bits per heavy atom. The maximum Gasteiger partial charge on any atom is 0.259 e. The fourth-order valence-corrected chi connectivity index (χ4v) is 1.69. The lowest BCUT2D eigenvalue weighted by Gasteiger charge is -2.14. The van der Waals surface area contributed by atoms with Crippen LogP contribution in [0.15, 0.2) is 42.7 Å². The SMILES string of the molecule is CC(C)Oc1ccccc1NC(=O)c1ccncc1O. The van der Waals surface area contributed by atoms with Gasteiger partial charge in [-0.3, -0.25) is 9.78 Å². The van der Waals surface area contributed by atoms with Crippen LogP contribution in [0.1, 0.15) is 24.2 Å². The molecule has 0 atom stereocenters. The third-order valence-corrected chi connectivity index (χ3v) is 2.54. The van der Waals surface area contributed by atoms with Gasteiger partial charge in [-0.1, -0.05) is 12.1 Å². The molecule has 1 heterocycles. The Bertz CT molecular complexity index is 612. The van der Waals surface area contributed by atoms with Gasteiger partial charge in [0, 0.05) is 6.20 Å². The number of rotatable bonds is 4. The van der Waals surface area contributed by atoms with Crippen molar-refractivity contribution in [2.24, 2.45) is 0 Å². The summed E-state index contributed by atoms with van der Waals surface area (Å²) < 4.78 is 5.62. The first-order valence-corrected chi connectivity index (χ1v) is 6.28. The lowest BCUT2D eigenvalue weighted by Crippen LogP contribution is -2.14. The van der Waals surface area contributed by atoms with Gasteiger partial charge in [-0.15, -0.1) is 0 Å². The highest BCUT2D eigenvalue weighted by Gasteiger charge is 2.13. The summed E-state index contributed by atoms with van der Waals surface area (Å²) in [5.41, 5.74) is 0.724. The van der Waals surface area contributed by atoms with Crippen molar-refractivity contribution in [1.82, 2.24) is 4.98 Å². The maximum absolute atomic E-state index is 12.1. The Morgan fingerprint density at radius 3 is 2.75 bits per heavy atom. The molecule has 0 aliphatic rings. The zero-order chi connectivity index (χ0) is 14.5. The van der Waals surface area contributed by atoms with Crippen LogP contribution in [0.4, 0.5) is 5.69 Å². The highest BCUT2D eigenvalue weighted by molar-refractivity contribution is 6.06. The van der Waals surface area contributed by atoms with E-state index in [0.29, 0.717) is 11.4 Å². The molecule has 2 rings (SSSR count). The molecule has 0 saturated carbocycles. The Kier molecular flexibility index (Phi) is 4.20. The number of hydrogen-bond donors (Lipinski definition) is 2. The van der Waals surface area contributed by atoms with Crippen LogP contribution in [0, 0.1) is 0 Å². The number of nitrogens with one attached hydrogen (secondary N) is 1. The summed E-state index contributed by atoms with van der Waals surface area (Å²) in [6.45, 7) is 3.82. The molecule has 0 fully saturated rings. The molecule has 0 spiro atoms. The molecule has 0 unspecified atom stereocenters. The third-order valence-electron chi connectivity index (χ3n) is 2.54. The van der Waals surface area contributed by atoms with Crippen LogP contribution in [-0.4, -0.2) is 22.1 Å². The first-order chi connectivity index (χ1) is 9.58. The van der Waals surface area contributed by atoms with E-state index in [9.17, 15) is 9.90 Å². The van der Waals surface area contributed by atoms with E-state index < -0.39 is 5.91 Å². The summed E-state index contributed by atoms with van der Waals surface area (Å²) in [4.78, 5) is 15.9. The van der Waals surface area contributed by atoms with Gasteiger partial charge in [0.05, 0.1) is 23.6 Å². The van der Waals surface area contributed by atoms with Crippen LogP contribution in [-0.2, 0) is 0 Å². The number of pyridine rings is 1. The molecule has 1 aromatic carbocycles. The quantitative estimate of drug-likeness (QED) is 0.897. The third kappa shape index (κ3) is 3.26. The molecule has 0 saturated heterocycles. The summed E-state index contributed by atoms with van der Waals surface area (Å²) in [7, 11) is 0. The molecular formula is C15H16N2O3. The number of hydrogen-bond acceptors (Lipinski definition) is 4. The number of anilines is 1. The molecule has 20 heavy (non-hydrogen) atoms. The molecule has 104 valence electrons. The van der Waals surface area contributed by atoms with Crippen LogP contribution in [0.3, 0.4) is 0 Å². The Hall–Kier alpha value is -2.56. The van der Waals surface area contributed by atoms with E-state index in [1.54, 1.807) is 18.2 Å². The minimum Gasteiger partial charge on any atom is -0.505 e. The molecule has 0 aliphatic carbocycles. The minimum absolute atomic E-state index is 0.00220. The van der Waals surface area contributed by atoms with Crippen LogP contribution in [0.5, 0.6) is 11.5 Å². The van der Waals surface area contributed by atoms with Gasteiger partial charge in [-0.25, -0.2) is 0 Å². The smallest absolute Gasteiger partial charge is 0.259 e. The molecule has 0 radical (unpaired) electrons. The summed E-state index contributed by atoms with van der Waals surface area (Å²) in [6, 6.07) is 8.61. The lowest BCUT2D eigenvalue weighted by molar-refractivity contribution is 0.102. The van der Waals surface area contributed by atoms with Gasteiger partial charge in [-0.05, 0) is 32.0 Å². The highest BCUT2D eigenvalue weighted by Crippen LogP contribution is 2.26. The standard InChI is InChI=1S/C15H16N2O3/c1-10(2)20-14-6-4-3-5-12(14)17-15(19)11-7-8-16-9-13(11)18/h3-10,18H,1-2H3,(H,17,19). The average molecular weight is 272 g/mol.